The standard InChI is InChI=1S/C13H21N3O/c1-9(2)11-6-13(16-8-15-11)17-12-7-14-5-4-10(12)3/h6,8-10,12,14H,4-5,7H2,1-3H3. The molecule has 17 heavy (non-hydrogen) atoms. The lowest BCUT2D eigenvalue weighted by atomic mass is 9.97. The Morgan fingerprint density at radius 2 is 2.24 bits per heavy atom. The second-order valence-corrected chi connectivity index (χ2v) is 5.06. The number of piperidine rings is 1. The van der Waals surface area contributed by atoms with Gasteiger partial charge in [0.15, 0.2) is 0 Å². The van der Waals surface area contributed by atoms with Gasteiger partial charge < -0.3 is 10.1 Å². The molecule has 2 heterocycles. The Balaban J connectivity index is 2.04. The van der Waals surface area contributed by atoms with Crippen molar-refractivity contribution in [2.45, 2.75) is 39.2 Å². The Labute approximate surface area is 103 Å². The molecule has 0 aliphatic carbocycles. The average Bonchev–Trinajstić information content (AvgIpc) is 2.32. The summed E-state index contributed by atoms with van der Waals surface area (Å²) in [5.41, 5.74) is 1.03. The van der Waals surface area contributed by atoms with Gasteiger partial charge in [-0.3, -0.25) is 0 Å². The molecule has 1 saturated heterocycles. The zero-order chi connectivity index (χ0) is 12.3. The van der Waals surface area contributed by atoms with E-state index in [2.05, 4.69) is 36.1 Å². The predicted octanol–water partition coefficient (Wildman–Crippen LogP) is 1.98. The first-order valence-corrected chi connectivity index (χ1v) is 6.36. The fraction of sp³-hybridized carbons (Fsp3) is 0.692. The molecule has 0 bridgehead atoms. The van der Waals surface area contributed by atoms with Crippen LogP contribution in [0.3, 0.4) is 0 Å². The topological polar surface area (TPSA) is 47.0 Å². The molecule has 0 saturated carbocycles. The number of aromatic nitrogens is 2. The van der Waals surface area contributed by atoms with Crippen LogP contribution in [0.1, 0.15) is 38.8 Å². The van der Waals surface area contributed by atoms with Gasteiger partial charge in [0, 0.05) is 12.6 Å². The third-order valence-electron chi connectivity index (χ3n) is 3.28. The maximum Gasteiger partial charge on any atom is 0.216 e. The zero-order valence-corrected chi connectivity index (χ0v) is 10.8. The maximum atomic E-state index is 5.94. The summed E-state index contributed by atoms with van der Waals surface area (Å²) in [6, 6.07) is 1.95. The molecule has 0 spiro atoms. The van der Waals surface area contributed by atoms with Crippen LogP contribution >= 0.6 is 0 Å². The zero-order valence-electron chi connectivity index (χ0n) is 10.8. The Hall–Kier alpha value is -1.16. The van der Waals surface area contributed by atoms with Gasteiger partial charge in [0.1, 0.15) is 12.4 Å². The molecule has 1 aromatic heterocycles. The van der Waals surface area contributed by atoms with Crippen LogP contribution in [0.25, 0.3) is 0 Å². The van der Waals surface area contributed by atoms with E-state index in [1.54, 1.807) is 6.33 Å². The number of hydrogen-bond acceptors (Lipinski definition) is 4. The van der Waals surface area contributed by atoms with Gasteiger partial charge in [0.25, 0.3) is 0 Å². The molecule has 1 aliphatic heterocycles. The Bertz CT molecular complexity index is 367. The van der Waals surface area contributed by atoms with Crippen molar-refractivity contribution in [1.82, 2.24) is 15.3 Å². The van der Waals surface area contributed by atoms with Crippen molar-refractivity contribution < 1.29 is 4.74 Å². The largest absolute Gasteiger partial charge is 0.473 e. The summed E-state index contributed by atoms with van der Waals surface area (Å²) in [5.74, 6) is 1.68. The lowest BCUT2D eigenvalue weighted by molar-refractivity contribution is 0.109. The summed E-state index contributed by atoms with van der Waals surface area (Å²) >= 11 is 0. The van der Waals surface area contributed by atoms with Crippen molar-refractivity contribution in [2.75, 3.05) is 13.1 Å². The number of nitrogens with zero attached hydrogens (tertiary/aromatic N) is 2. The van der Waals surface area contributed by atoms with Gasteiger partial charge in [-0.25, -0.2) is 9.97 Å². The van der Waals surface area contributed by atoms with Crippen LogP contribution < -0.4 is 10.1 Å². The molecule has 0 amide bonds. The van der Waals surface area contributed by atoms with Crippen LogP contribution in [0.5, 0.6) is 5.88 Å². The molecule has 1 fully saturated rings. The first kappa shape index (κ1) is 12.3. The highest BCUT2D eigenvalue weighted by atomic mass is 16.5. The Morgan fingerprint density at radius 3 is 2.94 bits per heavy atom. The number of hydrogen-bond donors (Lipinski definition) is 1. The van der Waals surface area contributed by atoms with Gasteiger partial charge in [-0.05, 0) is 24.8 Å². The fourth-order valence-corrected chi connectivity index (χ4v) is 2.01. The van der Waals surface area contributed by atoms with Crippen molar-refractivity contribution in [3.63, 3.8) is 0 Å². The monoisotopic (exact) mass is 235 g/mol. The first-order chi connectivity index (χ1) is 8.16. The normalized spacial score (nSPS) is 24.9. The molecule has 1 aliphatic rings. The SMILES string of the molecule is CC(C)c1cc(OC2CNCCC2C)ncn1. The molecule has 4 nitrogen and oxygen atoms in total. The summed E-state index contributed by atoms with van der Waals surface area (Å²) < 4.78 is 5.94. The lowest BCUT2D eigenvalue weighted by Crippen LogP contribution is -2.43. The van der Waals surface area contributed by atoms with E-state index in [1.807, 2.05) is 6.07 Å². The minimum absolute atomic E-state index is 0.221. The van der Waals surface area contributed by atoms with Crippen LogP contribution in [-0.2, 0) is 0 Å². The number of ether oxygens (including phenoxy) is 1. The summed E-state index contributed by atoms with van der Waals surface area (Å²) in [6.07, 6.45) is 2.97. The predicted molar refractivity (Wildman–Crippen MR) is 67.2 cm³/mol. The highest BCUT2D eigenvalue weighted by molar-refractivity contribution is 5.16. The first-order valence-electron chi connectivity index (χ1n) is 6.36. The fourth-order valence-electron chi connectivity index (χ4n) is 2.01. The molecule has 0 radical (unpaired) electrons. The quantitative estimate of drug-likeness (QED) is 0.870. The van der Waals surface area contributed by atoms with Crippen LogP contribution in [0.4, 0.5) is 0 Å². The van der Waals surface area contributed by atoms with Gasteiger partial charge in [-0.15, -0.1) is 0 Å². The Morgan fingerprint density at radius 1 is 1.41 bits per heavy atom. The van der Waals surface area contributed by atoms with E-state index in [0.29, 0.717) is 17.7 Å². The molecule has 1 N–H and O–H groups in total. The van der Waals surface area contributed by atoms with Gasteiger partial charge in [0.05, 0.1) is 5.69 Å². The van der Waals surface area contributed by atoms with Crippen molar-refractivity contribution in [1.29, 1.82) is 0 Å². The maximum absolute atomic E-state index is 5.94. The van der Waals surface area contributed by atoms with Gasteiger partial charge in [-0.1, -0.05) is 20.8 Å². The van der Waals surface area contributed by atoms with E-state index in [0.717, 1.165) is 25.2 Å². The van der Waals surface area contributed by atoms with Gasteiger partial charge in [-0.2, -0.15) is 0 Å². The van der Waals surface area contributed by atoms with Crippen LogP contribution in [0.15, 0.2) is 12.4 Å². The van der Waals surface area contributed by atoms with E-state index in [4.69, 9.17) is 4.74 Å². The second kappa shape index (κ2) is 5.45. The second-order valence-electron chi connectivity index (χ2n) is 5.06. The summed E-state index contributed by atoms with van der Waals surface area (Å²) in [4.78, 5) is 8.43. The molecule has 2 atom stereocenters. The molecule has 2 unspecified atom stereocenters. The molecular formula is C13H21N3O. The third-order valence-corrected chi connectivity index (χ3v) is 3.28. The smallest absolute Gasteiger partial charge is 0.216 e. The molecule has 2 rings (SSSR count). The van der Waals surface area contributed by atoms with Crippen LogP contribution in [-0.4, -0.2) is 29.2 Å². The molecule has 0 aromatic carbocycles. The number of rotatable bonds is 3. The minimum atomic E-state index is 0.221. The lowest BCUT2D eigenvalue weighted by Gasteiger charge is -2.29. The highest BCUT2D eigenvalue weighted by Crippen LogP contribution is 2.20. The van der Waals surface area contributed by atoms with E-state index >= 15 is 0 Å². The third kappa shape index (κ3) is 3.16. The van der Waals surface area contributed by atoms with Crippen molar-refractivity contribution in [2.24, 2.45) is 5.92 Å². The van der Waals surface area contributed by atoms with Crippen molar-refractivity contribution >= 4 is 0 Å². The van der Waals surface area contributed by atoms with E-state index in [-0.39, 0.29) is 6.10 Å². The molecule has 94 valence electrons. The number of nitrogens with one attached hydrogen (secondary N) is 1. The minimum Gasteiger partial charge on any atom is -0.473 e. The van der Waals surface area contributed by atoms with Gasteiger partial charge >= 0.3 is 0 Å². The van der Waals surface area contributed by atoms with Crippen LogP contribution in [0, 0.1) is 5.92 Å². The highest BCUT2D eigenvalue weighted by Gasteiger charge is 2.23. The molecule has 1 aromatic rings. The van der Waals surface area contributed by atoms with Crippen molar-refractivity contribution in [3.05, 3.63) is 18.1 Å². The van der Waals surface area contributed by atoms with Gasteiger partial charge in [0.2, 0.25) is 5.88 Å². The Kier molecular flexibility index (Phi) is 3.94. The van der Waals surface area contributed by atoms with E-state index in [9.17, 15) is 0 Å². The summed E-state index contributed by atoms with van der Waals surface area (Å²) in [7, 11) is 0. The van der Waals surface area contributed by atoms with Crippen molar-refractivity contribution in [3.8, 4) is 5.88 Å². The van der Waals surface area contributed by atoms with E-state index < -0.39 is 0 Å². The van der Waals surface area contributed by atoms with E-state index in [1.165, 1.54) is 0 Å². The molecular weight excluding hydrogens is 214 g/mol. The average molecular weight is 235 g/mol. The summed E-state index contributed by atoms with van der Waals surface area (Å²) in [5, 5.41) is 3.35. The van der Waals surface area contributed by atoms with Crippen LogP contribution in [0.2, 0.25) is 0 Å². The molecule has 4 heteroatoms. The summed E-state index contributed by atoms with van der Waals surface area (Å²) in [6.45, 7) is 8.47.